The van der Waals surface area contributed by atoms with Crippen molar-refractivity contribution >= 4 is 5.69 Å². The normalized spacial score (nSPS) is 10.3. The van der Waals surface area contributed by atoms with E-state index in [9.17, 15) is 0 Å². The molecule has 0 aliphatic carbocycles. The molecule has 4 nitrogen and oxygen atoms in total. The molecule has 1 N–H and O–H groups in total. The number of pyridine rings is 2. The zero-order chi connectivity index (χ0) is 14.4. The van der Waals surface area contributed by atoms with Crippen molar-refractivity contribution in [2.75, 3.05) is 11.9 Å². The van der Waals surface area contributed by atoms with E-state index in [2.05, 4.69) is 29.1 Å². The van der Waals surface area contributed by atoms with E-state index < -0.39 is 0 Å². The van der Waals surface area contributed by atoms with Gasteiger partial charge in [0.05, 0.1) is 23.8 Å². The predicted molar refractivity (Wildman–Crippen MR) is 81.4 cm³/mol. The summed E-state index contributed by atoms with van der Waals surface area (Å²) >= 11 is 0. The van der Waals surface area contributed by atoms with Crippen LogP contribution in [-0.2, 0) is 6.42 Å². The second-order valence-electron chi connectivity index (χ2n) is 4.69. The van der Waals surface area contributed by atoms with Crippen molar-refractivity contribution in [3.05, 3.63) is 42.0 Å². The highest BCUT2D eigenvalue weighted by Gasteiger charge is 2.06. The summed E-state index contributed by atoms with van der Waals surface area (Å²) in [6.07, 6.45) is 5.44. The Hall–Kier alpha value is -2.10. The lowest BCUT2D eigenvalue weighted by Crippen LogP contribution is -2.00. The van der Waals surface area contributed by atoms with Crippen molar-refractivity contribution < 1.29 is 4.74 Å². The minimum absolute atomic E-state index is 0.728. The molecule has 2 aromatic rings. The van der Waals surface area contributed by atoms with E-state index >= 15 is 0 Å². The minimum Gasteiger partial charge on any atom is -0.454 e. The number of aryl methyl sites for hydroxylation is 2. The third-order valence-electron chi connectivity index (χ3n) is 2.93. The molecule has 0 saturated heterocycles. The summed E-state index contributed by atoms with van der Waals surface area (Å²) < 4.78 is 5.91. The molecule has 4 heteroatoms. The van der Waals surface area contributed by atoms with Crippen LogP contribution >= 0.6 is 0 Å². The van der Waals surface area contributed by atoms with Crippen LogP contribution in [0.15, 0.2) is 30.6 Å². The fourth-order valence-corrected chi connectivity index (χ4v) is 1.91. The van der Waals surface area contributed by atoms with Crippen LogP contribution in [-0.4, -0.2) is 16.5 Å². The molecular formula is C16H21N3O. The summed E-state index contributed by atoms with van der Waals surface area (Å²) in [5, 5.41) is 3.30. The summed E-state index contributed by atoms with van der Waals surface area (Å²) in [6, 6.07) is 5.89. The van der Waals surface area contributed by atoms with Crippen LogP contribution < -0.4 is 10.1 Å². The number of rotatable bonds is 6. The van der Waals surface area contributed by atoms with E-state index in [1.165, 1.54) is 0 Å². The van der Waals surface area contributed by atoms with Crippen molar-refractivity contribution in [1.82, 2.24) is 9.97 Å². The largest absolute Gasteiger partial charge is 0.454 e. The van der Waals surface area contributed by atoms with Gasteiger partial charge in [-0.1, -0.05) is 13.8 Å². The first-order valence-corrected chi connectivity index (χ1v) is 7.06. The van der Waals surface area contributed by atoms with Crippen molar-refractivity contribution in [3.63, 3.8) is 0 Å². The minimum atomic E-state index is 0.728. The number of hydrogen-bond acceptors (Lipinski definition) is 4. The Morgan fingerprint density at radius 1 is 1.20 bits per heavy atom. The highest BCUT2D eigenvalue weighted by Crippen LogP contribution is 2.26. The Balaban J connectivity index is 2.17. The highest BCUT2D eigenvalue weighted by molar-refractivity contribution is 5.46. The third kappa shape index (κ3) is 3.70. The van der Waals surface area contributed by atoms with E-state index in [1.54, 1.807) is 12.4 Å². The predicted octanol–water partition coefficient (Wildman–Crippen LogP) is 3.96. The van der Waals surface area contributed by atoms with Gasteiger partial charge in [0.1, 0.15) is 11.5 Å². The van der Waals surface area contributed by atoms with Gasteiger partial charge in [-0.05, 0) is 31.9 Å². The van der Waals surface area contributed by atoms with Crippen LogP contribution in [0.3, 0.4) is 0 Å². The van der Waals surface area contributed by atoms with Gasteiger partial charge in [0.15, 0.2) is 0 Å². The van der Waals surface area contributed by atoms with Gasteiger partial charge in [0, 0.05) is 18.3 Å². The average Bonchev–Trinajstić information content (AvgIpc) is 2.47. The molecule has 0 spiro atoms. The van der Waals surface area contributed by atoms with Crippen LogP contribution in [0.4, 0.5) is 5.69 Å². The maximum absolute atomic E-state index is 5.91. The Kier molecular flexibility index (Phi) is 4.93. The molecule has 0 aromatic carbocycles. The van der Waals surface area contributed by atoms with Gasteiger partial charge in [0.2, 0.25) is 0 Å². The summed E-state index contributed by atoms with van der Waals surface area (Å²) in [5.41, 5.74) is 2.95. The fraction of sp³-hybridized carbons (Fsp3) is 0.375. The quantitative estimate of drug-likeness (QED) is 0.863. The molecule has 2 heterocycles. The molecule has 0 aliphatic rings. The molecule has 2 aromatic heterocycles. The smallest absolute Gasteiger partial charge is 0.148 e. The zero-order valence-corrected chi connectivity index (χ0v) is 12.3. The van der Waals surface area contributed by atoms with E-state index in [1.807, 2.05) is 25.1 Å². The number of nitrogens with one attached hydrogen (secondary N) is 1. The molecule has 0 fully saturated rings. The maximum atomic E-state index is 5.91. The van der Waals surface area contributed by atoms with Crippen LogP contribution in [0.1, 0.15) is 31.7 Å². The lowest BCUT2D eigenvalue weighted by atomic mass is 10.2. The van der Waals surface area contributed by atoms with Crippen LogP contribution in [0.5, 0.6) is 11.5 Å². The second kappa shape index (κ2) is 6.89. The number of nitrogens with zero attached hydrogens (tertiary/aromatic N) is 2. The molecule has 0 atom stereocenters. The summed E-state index contributed by atoms with van der Waals surface area (Å²) in [4.78, 5) is 8.70. The number of anilines is 1. The maximum Gasteiger partial charge on any atom is 0.148 e. The van der Waals surface area contributed by atoms with Crippen molar-refractivity contribution in [2.45, 2.75) is 33.6 Å². The lowest BCUT2D eigenvalue weighted by Gasteiger charge is -2.11. The van der Waals surface area contributed by atoms with E-state index in [-0.39, 0.29) is 0 Å². The van der Waals surface area contributed by atoms with Crippen LogP contribution in [0.2, 0.25) is 0 Å². The van der Waals surface area contributed by atoms with Gasteiger partial charge in [-0.2, -0.15) is 0 Å². The molecule has 2 rings (SSSR count). The first kappa shape index (κ1) is 14.3. The number of ether oxygens (including phenoxy) is 1. The van der Waals surface area contributed by atoms with E-state index in [4.69, 9.17) is 4.74 Å². The molecule has 0 radical (unpaired) electrons. The summed E-state index contributed by atoms with van der Waals surface area (Å²) in [6.45, 7) is 7.12. The Morgan fingerprint density at radius 3 is 2.80 bits per heavy atom. The number of aromatic nitrogens is 2. The summed E-state index contributed by atoms with van der Waals surface area (Å²) in [5.74, 6) is 1.53. The molecule has 0 bridgehead atoms. The highest BCUT2D eigenvalue weighted by atomic mass is 16.5. The molecular weight excluding hydrogens is 250 g/mol. The van der Waals surface area contributed by atoms with Gasteiger partial charge >= 0.3 is 0 Å². The van der Waals surface area contributed by atoms with E-state index in [0.29, 0.717) is 0 Å². The third-order valence-corrected chi connectivity index (χ3v) is 2.93. The zero-order valence-electron chi connectivity index (χ0n) is 12.3. The average molecular weight is 271 g/mol. The van der Waals surface area contributed by atoms with E-state index in [0.717, 1.165) is 48.0 Å². The first-order chi connectivity index (χ1) is 9.72. The van der Waals surface area contributed by atoms with Crippen molar-refractivity contribution in [2.24, 2.45) is 0 Å². The lowest BCUT2D eigenvalue weighted by molar-refractivity contribution is 0.471. The standard InChI is InChI=1S/C16H21N3O/c1-4-8-18-13-9-14(11-17-10-13)20-16-7-6-12(3)19-15(16)5-2/h6-7,9-11,18H,4-5,8H2,1-3H3. The van der Waals surface area contributed by atoms with Gasteiger partial charge in [-0.3, -0.25) is 9.97 Å². The first-order valence-electron chi connectivity index (χ1n) is 7.06. The molecule has 0 aliphatic heterocycles. The fourth-order valence-electron chi connectivity index (χ4n) is 1.91. The molecule has 20 heavy (non-hydrogen) atoms. The Labute approximate surface area is 120 Å². The van der Waals surface area contributed by atoms with Gasteiger partial charge < -0.3 is 10.1 Å². The van der Waals surface area contributed by atoms with Crippen molar-refractivity contribution in [3.8, 4) is 11.5 Å². The van der Waals surface area contributed by atoms with Crippen molar-refractivity contribution in [1.29, 1.82) is 0 Å². The molecule has 0 saturated carbocycles. The number of hydrogen-bond donors (Lipinski definition) is 1. The summed E-state index contributed by atoms with van der Waals surface area (Å²) in [7, 11) is 0. The topological polar surface area (TPSA) is 47.0 Å². The Morgan fingerprint density at radius 2 is 2.05 bits per heavy atom. The van der Waals surface area contributed by atoms with Gasteiger partial charge in [-0.15, -0.1) is 0 Å². The van der Waals surface area contributed by atoms with Crippen LogP contribution in [0, 0.1) is 6.92 Å². The molecule has 0 unspecified atom stereocenters. The SMILES string of the molecule is CCCNc1cncc(Oc2ccc(C)nc2CC)c1. The second-order valence-corrected chi connectivity index (χ2v) is 4.69. The molecule has 0 amide bonds. The monoisotopic (exact) mass is 271 g/mol. The van der Waals surface area contributed by atoms with Crippen LogP contribution in [0.25, 0.3) is 0 Å². The van der Waals surface area contributed by atoms with Gasteiger partial charge in [0.25, 0.3) is 0 Å². The Bertz CT molecular complexity index is 569. The molecule has 106 valence electrons. The van der Waals surface area contributed by atoms with Gasteiger partial charge in [-0.25, -0.2) is 0 Å².